The van der Waals surface area contributed by atoms with Gasteiger partial charge in [-0.3, -0.25) is 9.36 Å². The van der Waals surface area contributed by atoms with Gasteiger partial charge < -0.3 is 0 Å². The summed E-state index contributed by atoms with van der Waals surface area (Å²) in [7, 11) is 0. The number of Topliss-reactive ketones (excluding diaryl/α,β-unsaturated/α-hetero) is 1. The summed E-state index contributed by atoms with van der Waals surface area (Å²) in [6.45, 7) is 1.96. The Hall–Kier alpha value is -1.92. The minimum atomic E-state index is -0.223. The lowest BCUT2D eigenvalue weighted by Crippen LogP contribution is -2.18. The fourth-order valence-corrected chi connectivity index (χ4v) is 5.29. The van der Waals surface area contributed by atoms with Crippen LogP contribution in [0, 0.1) is 0 Å². The summed E-state index contributed by atoms with van der Waals surface area (Å²) in [6.07, 6.45) is 6.00. The van der Waals surface area contributed by atoms with E-state index in [2.05, 4.69) is 42.8 Å². The lowest BCUT2D eigenvalue weighted by atomic mass is 9.95. The molecule has 3 aromatic rings. The summed E-state index contributed by atoms with van der Waals surface area (Å²) < 4.78 is 3.30. The monoisotopic (exact) mass is 469 g/mol. The fourth-order valence-electron chi connectivity index (χ4n) is 3.90. The third-order valence-corrected chi connectivity index (χ3v) is 6.95. The highest BCUT2D eigenvalue weighted by Gasteiger charge is 2.26. The lowest BCUT2D eigenvalue weighted by molar-refractivity contribution is 0.0994. The number of carbonyl (C=O) groups excluding carboxylic acids is 1. The first-order valence-corrected chi connectivity index (χ1v) is 11.8. The first-order chi connectivity index (χ1) is 14.1. The maximum atomic E-state index is 12.9. The van der Waals surface area contributed by atoms with E-state index in [0.29, 0.717) is 6.04 Å². The lowest BCUT2D eigenvalue weighted by Gasteiger charge is -2.26. The molecule has 4 nitrogen and oxygen atoms in total. The Morgan fingerprint density at radius 1 is 1.07 bits per heavy atom. The molecular weight excluding hydrogens is 446 g/mol. The summed E-state index contributed by atoms with van der Waals surface area (Å²) in [5, 5.41) is 9.68. The Morgan fingerprint density at radius 3 is 2.55 bits per heavy atom. The number of rotatable bonds is 6. The molecule has 1 unspecified atom stereocenters. The molecule has 0 aliphatic heterocycles. The van der Waals surface area contributed by atoms with E-state index in [0.717, 1.165) is 39.4 Å². The Balaban J connectivity index is 1.66. The van der Waals surface area contributed by atoms with Crippen molar-refractivity contribution in [1.82, 2.24) is 14.8 Å². The van der Waals surface area contributed by atoms with E-state index in [9.17, 15) is 4.79 Å². The van der Waals surface area contributed by atoms with Crippen molar-refractivity contribution in [3.63, 3.8) is 0 Å². The number of aromatic nitrogens is 3. The second kappa shape index (κ2) is 9.26. The highest BCUT2D eigenvalue weighted by Crippen LogP contribution is 2.37. The minimum Gasteiger partial charge on any atom is -0.299 e. The number of thioether (sulfide) groups is 1. The molecule has 0 amide bonds. The van der Waals surface area contributed by atoms with Gasteiger partial charge in [-0.15, -0.1) is 10.2 Å². The Morgan fingerprint density at radius 2 is 1.83 bits per heavy atom. The van der Waals surface area contributed by atoms with Gasteiger partial charge >= 0.3 is 0 Å². The molecule has 0 N–H and O–H groups in total. The van der Waals surface area contributed by atoms with Gasteiger partial charge in [-0.2, -0.15) is 0 Å². The normalized spacial score (nSPS) is 15.9. The van der Waals surface area contributed by atoms with Crippen molar-refractivity contribution >= 4 is 33.5 Å². The summed E-state index contributed by atoms with van der Waals surface area (Å²) in [4.78, 5) is 12.9. The largest absolute Gasteiger partial charge is 0.299 e. The van der Waals surface area contributed by atoms with Crippen LogP contribution in [0.15, 0.2) is 64.2 Å². The van der Waals surface area contributed by atoms with E-state index >= 15 is 0 Å². The summed E-state index contributed by atoms with van der Waals surface area (Å²) in [6, 6.07) is 18.1. The highest BCUT2D eigenvalue weighted by atomic mass is 79.9. The fraction of sp³-hybridized carbons (Fsp3) is 0.348. The number of nitrogens with zero attached hydrogens (tertiary/aromatic N) is 3. The van der Waals surface area contributed by atoms with Gasteiger partial charge in [-0.1, -0.05) is 89.4 Å². The van der Waals surface area contributed by atoms with Crippen LogP contribution in [0.3, 0.4) is 0 Å². The van der Waals surface area contributed by atoms with Crippen LogP contribution in [0.4, 0.5) is 0 Å². The predicted octanol–water partition coefficient (Wildman–Crippen LogP) is 6.58. The van der Waals surface area contributed by atoms with Crippen LogP contribution in [-0.4, -0.2) is 25.8 Å². The summed E-state index contributed by atoms with van der Waals surface area (Å²) in [5.74, 6) is 1.01. The van der Waals surface area contributed by atoms with Crippen LogP contribution in [-0.2, 0) is 0 Å². The molecule has 0 spiro atoms. The van der Waals surface area contributed by atoms with Crippen molar-refractivity contribution in [2.75, 3.05) is 0 Å². The first kappa shape index (κ1) is 20.4. The first-order valence-electron chi connectivity index (χ1n) is 10.1. The summed E-state index contributed by atoms with van der Waals surface area (Å²) >= 11 is 5.08. The average Bonchev–Trinajstić information content (AvgIpc) is 3.18. The van der Waals surface area contributed by atoms with Gasteiger partial charge in [0.1, 0.15) is 0 Å². The zero-order valence-electron chi connectivity index (χ0n) is 16.4. The molecule has 1 saturated carbocycles. The van der Waals surface area contributed by atoms with E-state index in [-0.39, 0.29) is 11.0 Å². The molecule has 1 aromatic heterocycles. The Bertz CT molecular complexity index is 983. The second-order valence-corrected chi connectivity index (χ2v) is 9.69. The molecule has 2 aromatic carbocycles. The topological polar surface area (TPSA) is 47.8 Å². The standard InChI is InChI=1S/C23H24BrN3OS/c1-16(21(28)17-9-4-2-5-10-17)29-23-26-25-22(18-11-8-12-19(24)15-18)27(23)20-13-6-3-7-14-20/h2,4-5,8-12,15-16,20H,3,6-7,13-14H2,1H3. The van der Waals surface area contributed by atoms with Gasteiger partial charge in [0.15, 0.2) is 16.8 Å². The van der Waals surface area contributed by atoms with Crippen LogP contribution in [0.5, 0.6) is 0 Å². The van der Waals surface area contributed by atoms with Crippen molar-refractivity contribution in [2.45, 2.75) is 55.5 Å². The van der Waals surface area contributed by atoms with Gasteiger partial charge in [0.25, 0.3) is 0 Å². The Labute approximate surface area is 184 Å². The smallest absolute Gasteiger partial charge is 0.192 e. The predicted molar refractivity (Wildman–Crippen MR) is 121 cm³/mol. The van der Waals surface area contributed by atoms with Crippen LogP contribution < -0.4 is 0 Å². The zero-order chi connectivity index (χ0) is 20.2. The molecule has 0 radical (unpaired) electrons. The Kier molecular flexibility index (Phi) is 6.50. The average molecular weight is 470 g/mol. The van der Waals surface area contributed by atoms with E-state index in [4.69, 9.17) is 0 Å². The molecular formula is C23H24BrN3OS. The molecule has 29 heavy (non-hydrogen) atoms. The molecule has 1 heterocycles. The van der Waals surface area contributed by atoms with Gasteiger partial charge in [0.05, 0.1) is 5.25 Å². The zero-order valence-corrected chi connectivity index (χ0v) is 18.8. The van der Waals surface area contributed by atoms with Crippen LogP contribution >= 0.6 is 27.7 Å². The SMILES string of the molecule is CC(Sc1nnc(-c2cccc(Br)c2)n1C1CCCCC1)C(=O)c1ccccc1. The van der Waals surface area contributed by atoms with Crippen molar-refractivity contribution in [1.29, 1.82) is 0 Å². The molecule has 1 atom stereocenters. The maximum Gasteiger partial charge on any atom is 0.192 e. The number of benzene rings is 2. The number of ketones is 1. The van der Waals surface area contributed by atoms with Gasteiger partial charge in [-0.05, 0) is 31.9 Å². The molecule has 1 fully saturated rings. The van der Waals surface area contributed by atoms with Gasteiger partial charge in [0, 0.05) is 21.6 Å². The molecule has 1 aliphatic carbocycles. The third kappa shape index (κ3) is 4.64. The van der Waals surface area contributed by atoms with Gasteiger partial charge in [0.2, 0.25) is 0 Å². The van der Waals surface area contributed by atoms with Crippen LogP contribution in [0.2, 0.25) is 0 Å². The number of halogens is 1. The number of hydrogen-bond acceptors (Lipinski definition) is 4. The van der Waals surface area contributed by atoms with E-state index < -0.39 is 0 Å². The van der Waals surface area contributed by atoms with Crippen LogP contribution in [0.1, 0.15) is 55.4 Å². The molecule has 1 aliphatic rings. The molecule has 150 valence electrons. The number of carbonyl (C=O) groups is 1. The summed E-state index contributed by atoms with van der Waals surface area (Å²) in [5.41, 5.74) is 1.79. The maximum absolute atomic E-state index is 12.9. The van der Waals surface area contributed by atoms with E-state index in [1.54, 1.807) is 0 Å². The third-order valence-electron chi connectivity index (χ3n) is 5.40. The highest BCUT2D eigenvalue weighted by molar-refractivity contribution is 9.10. The molecule has 0 bridgehead atoms. The second-order valence-electron chi connectivity index (χ2n) is 7.47. The van der Waals surface area contributed by atoms with Crippen molar-refractivity contribution < 1.29 is 4.79 Å². The van der Waals surface area contributed by atoms with Gasteiger partial charge in [-0.25, -0.2) is 0 Å². The molecule has 4 rings (SSSR count). The van der Waals surface area contributed by atoms with E-state index in [1.165, 1.54) is 31.0 Å². The number of hydrogen-bond donors (Lipinski definition) is 0. The van der Waals surface area contributed by atoms with E-state index in [1.807, 2.05) is 49.4 Å². The van der Waals surface area contributed by atoms with Crippen molar-refractivity contribution in [2.24, 2.45) is 0 Å². The van der Waals surface area contributed by atoms with Crippen molar-refractivity contribution in [3.8, 4) is 11.4 Å². The molecule has 0 saturated heterocycles. The minimum absolute atomic E-state index is 0.123. The van der Waals surface area contributed by atoms with Crippen molar-refractivity contribution in [3.05, 3.63) is 64.6 Å². The molecule has 6 heteroatoms. The quantitative estimate of drug-likeness (QED) is 0.302. The van der Waals surface area contributed by atoms with Crippen LogP contribution in [0.25, 0.3) is 11.4 Å².